The minimum absolute atomic E-state index is 0.397. The van der Waals surface area contributed by atoms with Crippen molar-refractivity contribution in [2.45, 2.75) is 18.9 Å². The first-order valence-corrected chi connectivity index (χ1v) is 11.4. The molecule has 4 aromatic rings. The van der Waals surface area contributed by atoms with Crippen LogP contribution < -0.4 is 15.5 Å². The molecule has 2 fully saturated rings. The van der Waals surface area contributed by atoms with E-state index in [1.54, 1.807) is 23.4 Å². The summed E-state index contributed by atoms with van der Waals surface area (Å²) in [5, 5.41) is 29.1. The summed E-state index contributed by atoms with van der Waals surface area (Å²) in [6.07, 6.45) is 7.22. The molecule has 11 nitrogen and oxygen atoms in total. The van der Waals surface area contributed by atoms with Gasteiger partial charge in [0.1, 0.15) is 18.7 Å². The Kier molecular flexibility index (Phi) is 5.00. The van der Waals surface area contributed by atoms with Crippen molar-refractivity contribution in [2.24, 2.45) is 0 Å². The van der Waals surface area contributed by atoms with Gasteiger partial charge in [0.25, 0.3) is 0 Å². The predicted molar refractivity (Wildman–Crippen MR) is 129 cm³/mol. The number of hydrogen-bond donors (Lipinski definition) is 2. The van der Waals surface area contributed by atoms with Gasteiger partial charge >= 0.3 is 0 Å². The molecule has 1 aliphatic heterocycles. The predicted octanol–water partition coefficient (Wildman–Crippen LogP) is 2.25. The summed E-state index contributed by atoms with van der Waals surface area (Å²) in [6, 6.07) is 10.9. The Labute approximate surface area is 196 Å². The largest absolute Gasteiger partial charge is 0.379 e. The standard InChI is InChI=1S/C23H25N11/c1-31-4-6-32(7-5-31)18-8-17(9-19(10-18)33-14-26-27-15-33)29-22-11-21(28-16-2-3-16)23-25-13-20(12-24)34(23)30-22/h8-11,13-16,28H,2-7H2,1H3,(H,29,30). The Bertz CT molecular complexity index is 1360. The molecule has 1 aromatic carbocycles. The smallest absolute Gasteiger partial charge is 0.178 e. The Hall–Kier alpha value is -4.17. The van der Waals surface area contributed by atoms with E-state index in [0.29, 0.717) is 23.2 Å². The lowest BCUT2D eigenvalue weighted by molar-refractivity contribution is 0.313. The van der Waals surface area contributed by atoms with Crippen LogP contribution in [0.5, 0.6) is 0 Å². The SMILES string of the molecule is CN1CCN(c2cc(Nc3cc(NC4CC4)c4ncc(C#N)n4n3)cc(-n3cnnc3)c2)CC1. The lowest BCUT2D eigenvalue weighted by atomic mass is 10.2. The van der Waals surface area contributed by atoms with E-state index in [1.807, 2.05) is 16.7 Å². The van der Waals surface area contributed by atoms with E-state index < -0.39 is 0 Å². The number of likely N-dealkylation sites (N-methyl/N-ethyl adjacent to an activating group) is 1. The summed E-state index contributed by atoms with van der Waals surface area (Å²) >= 11 is 0. The molecule has 2 aliphatic rings. The van der Waals surface area contributed by atoms with E-state index in [9.17, 15) is 5.26 Å². The van der Waals surface area contributed by atoms with Gasteiger partial charge in [-0.2, -0.15) is 9.78 Å². The molecule has 0 spiro atoms. The Morgan fingerprint density at radius 1 is 1.00 bits per heavy atom. The normalized spacial score (nSPS) is 16.5. The second-order valence-electron chi connectivity index (χ2n) is 8.88. The van der Waals surface area contributed by atoms with Gasteiger partial charge in [0.15, 0.2) is 17.2 Å². The van der Waals surface area contributed by atoms with Gasteiger partial charge in [-0.15, -0.1) is 15.3 Å². The zero-order valence-corrected chi connectivity index (χ0v) is 18.9. The van der Waals surface area contributed by atoms with Gasteiger partial charge < -0.3 is 20.4 Å². The van der Waals surface area contributed by atoms with Crippen LogP contribution in [0.1, 0.15) is 18.5 Å². The first-order valence-electron chi connectivity index (χ1n) is 11.4. The molecule has 34 heavy (non-hydrogen) atoms. The second-order valence-corrected chi connectivity index (χ2v) is 8.88. The highest BCUT2D eigenvalue weighted by molar-refractivity contribution is 5.75. The van der Waals surface area contributed by atoms with E-state index in [1.165, 1.54) is 0 Å². The van der Waals surface area contributed by atoms with Gasteiger partial charge in [-0.05, 0) is 38.1 Å². The van der Waals surface area contributed by atoms with E-state index in [2.05, 4.69) is 66.0 Å². The number of imidazole rings is 1. The maximum atomic E-state index is 9.52. The molecule has 0 atom stereocenters. The third-order valence-electron chi connectivity index (χ3n) is 6.28. The number of benzene rings is 1. The maximum absolute atomic E-state index is 9.52. The highest BCUT2D eigenvalue weighted by Crippen LogP contribution is 2.31. The first-order chi connectivity index (χ1) is 16.7. The van der Waals surface area contributed by atoms with Crippen molar-refractivity contribution in [3.8, 4) is 11.8 Å². The molecule has 0 amide bonds. The molecular formula is C23H25N11. The van der Waals surface area contributed by atoms with Crippen LogP contribution in [-0.4, -0.2) is 73.5 Å². The van der Waals surface area contributed by atoms with Crippen LogP contribution in [0.4, 0.5) is 22.9 Å². The molecule has 2 N–H and O–H groups in total. The molecule has 4 heterocycles. The second kappa shape index (κ2) is 8.31. The van der Waals surface area contributed by atoms with Crippen molar-refractivity contribution >= 4 is 28.5 Å². The number of nitrogens with zero attached hydrogens (tertiary/aromatic N) is 9. The third kappa shape index (κ3) is 3.99. The van der Waals surface area contributed by atoms with Crippen LogP contribution in [-0.2, 0) is 0 Å². The minimum Gasteiger partial charge on any atom is -0.379 e. The third-order valence-corrected chi connectivity index (χ3v) is 6.28. The number of aromatic nitrogens is 6. The van der Waals surface area contributed by atoms with Crippen molar-refractivity contribution in [3.05, 3.63) is 48.8 Å². The van der Waals surface area contributed by atoms with E-state index in [-0.39, 0.29) is 0 Å². The van der Waals surface area contributed by atoms with Gasteiger partial charge in [-0.25, -0.2) is 4.98 Å². The fourth-order valence-corrected chi connectivity index (χ4v) is 4.21. The highest BCUT2D eigenvalue weighted by Gasteiger charge is 2.23. The first kappa shape index (κ1) is 20.4. The highest BCUT2D eigenvalue weighted by atomic mass is 15.3. The van der Waals surface area contributed by atoms with Crippen molar-refractivity contribution in [1.29, 1.82) is 5.26 Å². The summed E-state index contributed by atoms with van der Waals surface area (Å²) in [6.45, 7) is 3.96. The molecule has 6 rings (SSSR count). The van der Waals surface area contributed by atoms with Crippen LogP contribution in [0.3, 0.4) is 0 Å². The van der Waals surface area contributed by atoms with Crippen LogP contribution in [0.25, 0.3) is 11.3 Å². The van der Waals surface area contributed by atoms with E-state index >= 15 is 0 Å². The minimum atomic E-state index is 0.397. The summed E-state index contributed by atoms with van der Waals surface area (Å²) in [4.78, 5) is 9.13. The van der Waals surface area contributed by atoms with Crippen LogP contribution >= 0.6 is 0 Å². The summed E-state index contributed by atoms with van der Waals surface area (Å²) in [7, 11) is 2.15. The topological polar surface area (TPSA) is 115 Å². The number of rotatable bonds is 6. The molecular weight excluding hydrogens is 430 g/mol. The number of hydrogen-bond acceptors (Lipinski definition) is 9. The molecule has 3 aromatic heterocycles. The van der Waals surface area contributed by atoms with Crippen molar-refractivity contribution in [1.82, 2.24) is 34.3 Å². The summed E-state index contributed by atoms with van der Waals surface area (Å²) in [5.41, 5.74) is 4.90. The molecule has 1 saturated heterocycles. The molecule has 1 saturated carbocycles. The van der Waals surface area contributed by atoms with Crippen LogP contribution in [0.15, 0.2) is 43.1 Å². The molecule has 0 unspecified atom stereocenters. The van der Waals surface area contributed by atoms with Crippen LogP contribution in [0.2, 0.25) is 0 Å². The van der Waals surface area contributed by atoms with Gasteiger partial charge in [0.2, 0.25) is 0 Å². The van der Waals surface area contributed by atoms with E-state index in [4.69, 9.17) is 0 Å². The number of nitriles is 1. The lowest BCUT2D eigenvalue weighted by Gasteiger charge is -2.34. The van der Waals surface area contributed by atoms with Gasteiger partial charge in [0, 0.05) is 49.7 Å². The zero-order valence-electron chi connectivity index (χ0n) is 18.9. The number of fused-ring (bicyclic) bond motifs is 1. The average Bonchev–Trinajstić information content (AvgIpc) is 3.32. The zero-order chi connectivity index (χ0) is 23.1. The summed E-state index contributed by atoms with van der Waals surface area (Å²) < 4.78 is 3.49. The quantitative estimate of drug-likeness (QED) is 0.452. The number of anilines is 4. The average molecular weight is 456 g/mol. The maximum Gasteiger partial charge on any atom is 0.178 e. The monoisotopic (exact) mass is 455 g/mol. The van der Waals surface area contributed by atoms with Gasteiger partial charge in [0.05, 0.1) is 17.6 Å². The van der Waals surface area contributed by atoms with Crippen molar-refractivity contribution < 1.29 is 0 Å². The molecule has 0 bridgehead atoms. The number of piperazine rings is 1. The molecule has 0 radical (unpaired) electrons. The molecule has 172 valence electrons. The molecule has 11 heteroatoms. The Balaban J connectivity index is 1.39. The van der Waals surface area contributed by atoms with Crippen molar-refractivity contribution in [2.75, 3.05) is 48.8 Å². The van der Waals surface area contributed by atoms with Gasteiger partial charge in [-0.3, -0.25) is 4.57 Å². The lowest BCUT2D eigenvalue weighted by Crippen LogP contribution is -2.44. The Morgan fingerprint density at radius 3 is 2.50 bits per heavy atom. The fraction of sp³-hybridized carbons (Fsp3) is 0.348. The van der Waals surface area contributed by atoms with Crippen LogP contribution in [0, 0.1) is 11.3 Å². The summed E-state index contributed by atoms with van der Waals surface area (Å²) in [5.74, 6) is 0.635. The Morgan fingerprint density at radius 2 is 1.76 bits per heavy atom. The number of nitrogens with one attached hydrogen (secondary N) is 2. The molecule has 1 aliphatic carbocycles. The van der Waals surface area contributed by atoms with E-state index in [0.717, 1.165) is 61.8 Å². The van der Waals surface area contributed by atoms with Crippen molar-refractivity contribution in [3.63, 3.8) is 0 Å². The fourth-order valence-electron chi connectivity index (χ4n) is 4.21. The van der Waals surface area contributed by atoms with Gasteiger partial charge in [-0.1, -0.05) is 0 Å².